The maximum atomic E-state index is 12.1. The zero-order valence-corrected chi connectivity index (χ0v) is 25.1. The predicted molar refractivity (Wildman–Crippen MR) is 163 cm³/mol. The van der Waals surface area contributed by atoms with E-state index in [2.05, 4.69) is 35.8 Å². The van der Waals surface area contributed by atoms with Crippen molar-refractivity contribution in [1.82, 2.24) is 15.0 Å². The molecule has 0 fully saturated rings. The molecule has 226 valence electrons. The molecule has 0 bridgehead atoms. The first-order valence-electron chi connectivity index (χ1n) is 12.5. The summed E-state index contributed by atoms with van der Waals surface area (Å²) in [7, 11) is -9.18. The fraction of sp³-hybridized carbons (Fsp3) is 0.0741. The number of aryl methyl sites for hydroxylation is 2. The Morgan fingerprint density at radius 1 is 0.773 bits per heavy atom. The lowest BCUT2D eigenvalue weighted by molar-refractivity contribution is 0.480. The van der Waals surface area contributed by atoms with Crippen LogP contribution in [0.5, 0.6) is 5.75 Å². The molecule has 5 rings (SSSR count). The van der Waals surface area contributed by atoms with Gasteiger partial charge < -0.3 is 15.7 Å². The Kier molecular flexibility index (Phi) is 8.19. The molecule has 0 amide bonds. The van der Waals surface area contributed by atoms with Crippen LogP contribution >= 0.6 is 11.6 Å². The van der Waals surface area contributed by atoms with E-state index >= 15 is 0 Å². The lowest BCUT2D eigenvalue weighted by Gasteiger charge is -2.15. The maximum absolute atomic E-state index is 12.1. The quantitative estimate of drug-likeness (QED) is 0.0906. The average Bonchev–Trinajstić information content (AvgIpc) is 2.92. The van der Waals surface area contributed by atoms with Crippen LogP contribution < -0.4 is 10.6 Å². The summed E-state index contributed by atoms with van der Waals surface area (Å²) >= 11 is 6.10. The number of phenols is 1. The second-order valence-electron chi connectivity index (χ2n) is 9.47. The molecule has 0 saturated carbocycles. The van der Waals surface area contributed by atoms with Crippen molar-refractivity contribution in [3.8, 4) is 5.75 Å². The van der Waals surface area contributed by atoms with E-state index in [0.717, 1.165) is 17.7 Å². The van der Waals surface area contributed by atoms with Crippen molar-refractivity contribution < 1.29 is 31.0 Å². The summed E-state index contributed by atoms with van der Waals surface area (Å²) in [5.74, 6) is -0.710. The Hall–Kier alpha value is -4.74. The monoisotopic (exact) mass is 655 g/mol. The van der Waals surface area contributed by atoms with Crippen molar-refractivity contribution in [1.29, 1.82) is 0 Å². The molecule has 5 aromatic rings. The molecule has 0 spiro atoms. The zero-order valence-electron chi connectivity index (χ0n) is 22.8. The summed E-state index contributed by atoms with van der Waals surface area (Å²) in [6, 6.07) is 16.2. The number of benzene rings is 4. The maximum Gasteiger partial charge on any atom is 0.294 e. The third-order valence-electron chi connectivity index (χ3n) is 6.19. The van der Waals surface area contributed by atoms with Crippen LogP contribution in [0.2, 0.25) is 5.28 Å². The van der Waals surface area contributed by atoms with Gasteiger partial charge in [0.05, 0.1) is 21.2 Å². The summed E-state index contributed by atoms with van der Waals surface area (Å²) in [5, 5.41) is 25.3. The first-order chi connectivity index (χ1) is 20.7. The molecular formula is C27H22ClN7O7S2. The minimum atomic E-state index is -4.69. The summed E-state index contributed by atoms with van der Waals surface area (Å²) in [4.78, 5) is 11.3. The van der Waals surface area contributed by atoms with Crippen LogP contribution in [0.4, 0.5) is 34.6 Å². The standard InChI is InChI=1S/C27H22ClN7O7S2/c1-14-6-8-17(9-7-14)34-35-23-15(2)10-16-11-20(44(40,41)42)13-21(22(16)24(23)36)30-27-32-25(28)31-26(33-27)29-18-4-3-5-19(12-18)43(37,38)39/h3-13,36H,1-2H3,(H,37,38,39)(H,40,41,42)(H2,29,30,31,32,33). The summed E-state index contributed by atoms with van der Waals surface area (Å²) in [6.45, 7) is 3.58. The average molecular weight is 656 g/mol. The van der Waals surface area contributed by atoms with Crippen LogP contribution in [0.15, 0.2) is 86.7 Å². The highest BCUT2D eigenvalue weighted by molar-refractivity contribution is 7.86. The van der Waals surface area contributed by atoms with Gasteiger partial charge in [0, 0.05) is 11.1 Å². The number of phenolic OH excluding ortho intramolecular Hbond substituents is 1. The first-order valence-corrected chi connectivity index (χ1v) is 15.7. The van der Waals surface area contributed by atoms with E-state index in [1.807, 2.05) is 19.1 Å². The van der Waals surface area contributed by atoms with E-state index in [0.29, 0.717) is 11.3 Å². The van der Waals surface area contributed by atoms with Crippen molar-refractivity contribution in [2.75, 3.05) is 10.6 Å². The van der Waals surface area contributed by atoms with Crippen LogP contribution in [0.1, 0.15) is 11.1 Å². The molecule has 1 aromatic heterocycles. The van der Waals surface area contributed by atoms with Gasteiger partial charge in [-0.25, -0.2) is 0 Å². The molecule has 4 aromatic carbocycles. The fourth-order valence-electron chi connectivity index (χ4n) is 4.16. The van der Waals surface area contributed by atoms with Crippen LogP contribution in [0.3, 0.4) is 0 Å². The predicted octanol–water partition coefficient (Wildman–Crippen LogP) is 6.40. The number of anilines is 4. The Morgan fingerprint density at radius 2 is 1.43 bits per heavy atom. The number of azo groups is 1. The summed E-state index contributed by atoms with van der Waals surface area (Å²) < 4.78 is 66.4. The molecule has 14 nitrogen and oxygen atoms in total. The van der Waals surface area contributed by atoms with Crippen LogP contribution in [-0.2, 0) is 20.2 Å². The highest BCUT2D eigenvalue weighted by Gasteiger charge is 2.20. The van der Waals surface area contributed by atoms with Gasteiger partial charge in [-0.15, -0.1) is 5.11 Å². The molecule has 0 atom stereocenters. The number of fused-ring (bicyclic) bond motifs is 1. The van der Waals surface area contributed by atoms with Gasteiger partial charge in [0.1, 0.15) is 5.69 Å². The number of halogens is 1. The van der Waals surface area contributed by atoms with Gasteiger partial charge in [0.15, 0.2) is 5.75 Å². The summed E-state index contributed by atoms with van der Waals surface area (Å²) in [5.41, 5.74) is 2.28. The molecule has 0 radical (unpaired) electrons. The first kappa shape index (κ1) is 30.7. The largest absolute Gasteiger partial charge is 0.505 e. The number of aromatic hydroxyl groups is 1. The molecule has 1 heterocycles. The lowest BCUT2D eigenvalue weighted by Crippen LogP contribution is -2.06. The SMILES string of the molecule is Cc1ccc(N=Nc2c(C)cc3cc(S(=O)(=O)O)cc(Nc4nc(Cl)nc(Nc5cccc(S(=O)(=O)O)c5)n4)c3c2O)cc1. The van der Waals surface area contributed by atoms with E-state index in [1.165, 1.54) is 24.3 Å². The lowest BCUT2D eigenvalue weighted by atomic mass is 10.0. The Morgan fingerprint density at radius 3 is 2.09 bits per heavy atom. The van der Waals surface area contributed by atoms with E-state index in [-0.39, 0.29) is 55.7 Å². The van der Waals surface area contributed by atoms with Crippen LogP contribution in [0.25, 0.3) is 10.8 Å². The molecule has 5 N–H and O–H groups in total. The van der Waals surface area contributed by atoms with E-state index in [4.69, 9.17) is 11.6 Å². The van der Waals surface area contributed by atoms with E-state index in [9.17, 15) is 31.0 Å². The minimum Gasteiger partial charge on any atom is -0.505 e. The fourth-order valence-corrected chi connectivity index (χ4v) is 5.39. The van der Waals surface area contributed by atoms with Crippen molar-refractivity contribution in [3.05, 3.63) is 83.1 Å². The number of nitrogens with one attached hydrogen (secondary N) is 2. The molecule has 0 unspecified atom stereocenters. The number of hydrogen-bond acceptors (Lipinski definition) is 12. The van der Waals surface area contributed by atoms with E-state index < -0.39 is 25.1 Å². The zero-order chi connectivity index (χ0) is 31.8. The number of hydrogen-bond donors (Lipinski definition) is 5. The molecule has 0 aliphatic heterocycles. The molecule has 0 aliphatic rings. The highest BCUT2D eigenvalue weighted by Crippen LogP contribution is 2.44. The van der Waals surface area contributed by atoms with Crippen molar-refractivity contribution >= 4 is 77.3 Å². The van der Waals surface area contributed by atoms with Gasteiger partial charge in [-0.1, -0.05) is 23.8 Å². The van der Waals surface area contributed by atoms with Gasteiger partial charge >= 0.3 is 0 Å². The normalized spacial score (nSPS) is 12.1. The second kappa shape index (κ2) is 11.7. The second-order valence-corrected chi connectivity index (χ2v) is 12.7. The highest BCUT2D eigenvalue weighted by atomic mass is 35.5. The van der Waals surface area contributed by atoms with Gasteiger partial charge in [0.25, 0.3) is 20.2 Å². The van der Waals surface area contributed by atoms with Gasteiger partial charge in [-0.3, -0.25) is 9.11 Å². The van der Waals surface area contributed by atoms with E-state index in [1.54, 1.807) is 25.1 Å². The van der Waals surface area contributed by atoms with Crippen molar-refractivity contribution in [2.45, 2.75) is 23.6 Å². The minimum absolute atomic E-state index is 0.0407. The molecule has 44 heavy (non-hydrogen) atoms. The topological polar surface area (TPSA) is 216 Å². The van der Waals surface area contributed by atoms with Gasteiger partial charge in [0.2, 0.25) is 17.2 Å². The Bertz CT molecular complexity index is 2180. The Labute approximate surface area is 256 Å². The number of aromatic nitrogens is 3. The van der Waals surface area contributed by atoms with Gasteiger partial charge in [-0.2, -0.15) is 36.9 Å². The van der Waals surface area contributed by atoms with Crippen molar-refractivity contribution in [2.24, 2.45) is 10.2 Å². The number of rotatable bonds is 8. The molecule has 0 aliphatic carbocycles. The van der Waals surface area contributed by atoms with Gasteiger partial charge in [-0.05, 0) is 84.9 Å². The third-order valence-corrected chi connectivity index (χ3v) is 8.04. The van der Waals surface area contributed by atoms with Crippen LogP contribution in [-0.4, -0.2) is 46.0 Å². The number of nitrogens with zero attached hydrogens (tertiary/aromatic N) is 5. The third kappa shape index (κ3) is 6.90. The molecular weight excluding hydrogens is 634 g/mol. The van der Waals surface area contributed by atoms with Crippen molar-refractivity contribution in [3.63, 3.8) is 0 Å². The van der Waals surface area contributed by atoms with Crippen LogP contribution in [0, 0.1) is 13.8 Å². The Balaban J connectivity index is 1.59. The summed E-state index contributed by atoms with van der Waals surface area (Å²) in [6.07, 6.45) is 0. The molecule has 0 saturated heterocycles. The molecule has 17 heteroatoms. The smallest absolute Gasteiger partial charge is 0.294 e.